The van der Waals surface area contributed by atoms with E-state index in [0.29, 0.717) is 43.3 Å². The number of aromatic nitrogens is 2. The van der Waals surface area contributed by atoms with E-state index in [9.17, 15) is 18.5 Å². The highest BCUT2D eigenvalue weighted by Crippen LogP contribution is 2.36. The average Bonchev–Trinajstić information content (AvgIpc) is 3.57. The minimum atomic E-state index is -3.78. The van der Waals surface area contributed by atoms with Gasteiger partial charge in [0.05, 0.1) is 35.7 Å². The lowest BCUT2D eigenvalue weighted by molar-refractivity contribution is -0.128. The molecular formula is C28H35N7O4S. The van der Waals surface area contributed by atoms with E-state index >= 15 is 0 Å². The van der Waals surface area contributed by atoms with Gasteiger partial charge in [-0.05, 0) is 51.1 Å². The zero-order chi connectivity index (χ0) is 28.4. The van der Waals surface area contributed by atoms with Gasteiger partial charge in [0.1, 0.15) is 12.4 Å². The summed E-state index contributed by atoms with van der Waals surface area (Å²) in [5.41, 5.74) is 2.01. The van der Waals surface area contributed by atoms with E-state index in [1.807, 2.05) is 11.0 Å². The summed E-state index contributed by atoms with van der Waals surface area (Å²) in [6.07, 6.45) is 3.57. The molecule has 0 bridgehead atoms. The van der Waals surface area contributed by atoms with E-state index in [2.05, 4.69) is 29.6 Å². The van der Waals surface area contributed by atoms with Crippen LogP contribution in [0.25, 0.3) is 0 Å². The topological polar surface area (TPSA) is 123 Å². The molecule has 2 aromatic rings. The molecule has 2 fully saturated rings. The van der Waals surface area contributed by atoms with Gasteiger partial charge in [-0.3, -0.25) is 4.79 Å². The monoisotopic (exact) mass is 565 g/mol. The molecule has 2 saturated heterocycles. The lowest BCUT2D eigenvalue weighted by Crippen LogP contribution is -2.55. The van der Waals surface area contributed by atoms with E-state index in [4.69, 9.17) is 9.72 Å². The third kappa shape index (κ3) is 5.41. The summed E-state index contributed by atoms with van der Waals surface area (Å²) in [4.78, 5) is 28.1. The van der Waals surface area contributed by atoms with Crippen molar-refractivity contribution in [3.8, 4) is 12.1 Å². The van der Waals surface area contributed by atoms with Gasteiger partial charge in [-0.25, -0.2) is 8.42 Å². The Balaban J connectivity index is 1.47. The van der Waals surface area contributed by atoms with Gasteiger partial charge < -0.3 is 19.4 Å². The predicted molar refractivity (Wildman–Crippen MR) is 149 cm³/mol. The van der Waals surface area contributed by atoms with Crippen molar-refractivity contribution in [3.05, 3.63) is 53.7 Å². The molecule has 0 spiro atoms. The SMILES string of the molecule is C=CC(=O)N1CCN(c2nc(OC[C@@H]3CCCN3C)nc3c2CN(S(=O)(=O)c2ccccc2C)C3)C[C@@H]1CC#N. The van der Waals surface area contributed by atoms with Crippen molar-refractivity contribution in [1.82, 2.24) is 24.1 Å². The number of piperazine rings is 1. The number of carbonyl (C=O) groups excluding carboxylic acids is 1. The number of likely N-dealkylation sites (N-methyl/N-ethyl adjacent to an activating group) is 1. The fourth-order valence-electron chi connectivity index (χ4n) is 5.76. The number of likely N-dealkylation sites (tertiary alicyclic amines) is 1. The van der Waals surface area contributed by atoms with Crippen LogP contribution >= 0.6 is 0 Å². The first-order valence-electron chi connectivity index (χ1n) is 13.6. The quantitative estimate of drug-likeness (QED) is 0.443. The largest absolute Gasteiger partial charge is 0.462 e. The molecule has 2 atom stereocenters. The minimum absolute atomic E-state index is 0.109. The first-order chi connectivity index (χ1) is 19.2. The highest BCUT2D eigenvalue weighted by molar-refractivity contribution is 7.89. The lowest BCUT2D eigenvalue weighted by Gasteiger charge is -2.41. The number of ether oxygens (including phenoxy) is 1. The summed E-state index contributed by atoms with van der Waals surface area (Å²) in [5, 5.41) is 9.44. The maximum atomic E-state index is 13.7. The van der Waals surface area contributed by atoms with Crippen LogP contribution in [0.3, 0.4) is 0 Å². The van der Waals surface area contributed by atoms with Crippen LogP contribution in [0.15, 0.2) is 41.8 Å². The number of amides is 1. The van der Waals surface area contributed by atoms with E-state index in [1.165, 1.54) is 10.4 Å². The molecule has 4 heterocycles. The molecule has 5 rings (SSSR count). The summed E-state index contributed by atoms with van der Waals surface area (Å²) in [6, 6.07) is 9.26. The number of aryl methyl sites for hydroxylation is 1. The van der Waals surface area contributed by atoms with Gasteiger partial charge in [-0.15, -0.1) is 0 Å². The fraction of sp³-hybridized carbons (Fsp3) is 0.500. The standard InChI is InChI=1S/C28H35N7O4S/c1-4-26(36)35-15-14-33(16-21(35)11-12-29)27-23-17-34(40(37,38)25-10-6-5-8-20(25)2)18-24(23)30-28(31-27)39-19-22-9-7-13-32(22)3/h4-6,8,10,21-22H,1,7,9,11,13-19H2,2-3H3/t21-,22-/m0/s1. The van der Waals surface area contributed by atoms with Gasteiger partial charge in [0.25, 0.3) is 0 Å². The van der Waals surface area contributed by atoms with Crippen LogP contribution < -0.4 is 9.64 Å². The summed E-state index contributed by atoms with van der Waals surface area (Å²) in [5.74, 6) is 0.379. The van der Waals surface area contributed by atoms with Crippen molar-refractivity contribution in [3.63, 3.8) is 0 Å². The number of fused-ring (bicyclic) bond motifs is 1. The van der Waals surface area contributed by atoms with Gasteiger partial charge in [0.15, 0.2) is 0 Å². The number of benzene rings is 1. The molecule has 1 aromatic heterocycles. The van der Waals surface area contributed by atoms with Crippen molar-refractivity contribution < 1.29 is 17.9 Å². The second-order valence-corrected chi connectivity index (χ2v) is 12.5. The van der Waals surface area contributed by atoms with E-state index in [1.54, 1.807) is 30.0 Å². The first-order valence-corrected chi connectivity index (χ1v) is 15.0. The predicted octanol–water partition coefficient (Wildman–Crippen LogP) is 2.08. The molecule has 11 nitrogen and oxygen atoms in total. The molecule has 3 aliphatic heterocycles. The molecule has 0 aliphatic carbocycles. The molecule has 1 amide bonds. The average molecular weight is 566 g/mol. The van der Waals surface area contributed by atoms with Gasteiger partial charge in [-0.1, -0.05) is 24.8 Å². The van der Waals surface area contributed by atoms with Crippen LogP contribution in [-0.4, -0.2) is 90.3 Å². The maximum absolute atomic E-state index is 13.7. The highest BCUT2D eigenvalue weighted by atomic mass is 32.2. The van der Waals surface area contributed by atoms with Crippen molar-refractivity contribution in [2.45, 2.75) is 56.3 Å². The van der Waals surface area contributed by atoms with Gasteiger partial charge in [0, 0.05) is 37.8 Å². The Labute approximate surface area is 235 Å². The number of nitrogens with zero attached hydrogens (tertiary/aromatic N) is 7. The van der Waals surface area contributed by atoms with E-state index in [0.717, 1.165) is 24.9 Å². The molecular weight excluding hydrogens is 530 g/mol. The number of carbonyl (C=O) groups is 1. The molecule has 40 heavy (non-hydrogen) atoms. The summed E-state index contributed by atoms with van der Waals surface area (Å²) in [6.45, 7) is 8.32. The molecule has 12 heteroatoms. The first kappa shape index (κ1) is 28.0. The fourth-order valence-corrected chi connectivity index (χ4v) is 7.36. The molecule has 1 aromatic carbocycles. The highest BCUT2D eigenvalue weighted by Gasteiger charge is 2.38. The smallest absolute Gasteiger partial charge is 0.318 e. The van der Waals surface area contributed by atoms with Crippen LogP contribution in [0.2, 0.25) is 0 Å². The van der Waals surface area contributed by atoms with Gasteiger partial charge >= 0.3 is 6.01 Å². The Hall–Kier alpha value is -3.53. The van der Waals surface area contributed by atoms with Crippen LogP contribution in [0, 0.1) is 18.3 Å². The van der Waals surface area contributed by atoms with Crippen molar-refractivity contribution in [2.24, 2.45) is 0 Å². The van der Waals surface area contributed by atoms with E-state index < -0.39 is 10.0 Å². The number of sulfonamides is 1. The zero-order valence-electron chi connectivity index (χ0n) is 23.0. The van der Waals surface area contributed by atoms with Crippen LogP contribution in [0.4, 0.5) is 5.82 Å². The zero-order valence-corrected chi connectivity index (χ0v) is 23.8. The Bertz CT molecular complexity index is 1440. The summed E-state index contributed by atoms with van der Waals surface area (Å²) in [7, 11) is -1.71. The second kappa shape index (κ2) is 11.5. The van der Waals surface area contributed by atoms with Gasteiger partial charge in [-0.2, -0.15) is 19.5 Å². The van der Waals surface area contributed by atoms with Crippen LogP contribution in [0.1, 0.15) is 36.1 Å². The minimum Gasteiger partial charge on any atom is -0.462 e. The molecule has 0 radical (unpaired) electrons. The number of hydrogen-bond acceptors (Lipinski definition) is 9. The Morgan fingerprint density at radius 3 is 2.70 bits per heavy atom. The Morgan fingerprint density at radius 2 is 2.00 bits per heavy atom. The maximum Gasteiger partial charge on any atom is 0.318 e. The van der Waals surface area contributed by atoms with Crippen LogP contribution in [0.5, 0.6) is 6.01 Å². The third-order valence-electron chi connectivity index (χ3n) is 8.07. The molecule has 0 saturated carbocycles. The number of hydrogen-bond donors (Lipinski definition) is 0. The number of nitriles is 1. The molecule has 0 unspecified atom stereocenters. The normalized spacial score (nSPS) is 21.7. The van der Waals surface area contributed by atoms with Crippen molar-refractivity contribution in [1.29, 1.82) is 5.26 Å². The molecule has 212 valence electrons. The number of anilines is 1. The lowest BCUT2D eigenvalue weighted by atomic mass is 10.1. The van der Waals surface area contributed by atoms with Crippen molar-refractivity contribution in [2.75, 3.05) is 44.7 Å². The Morgan fingerprint density at radius 1 is 1.20 bits per heavy atom. The second-order valence-electron chi connectivity index (χ2n) is 10.6. The Kier molecular flexibility index (Phi) is 8.07. The van der Waals surface area contributed by atoms with Gasteiger partial charge in [0.2, 0.25) is 15.9 Å². The van der Waals surface area contributed by atoms with Crippen LogP contribution in [-0.2, 0) is 27.9 Å². The molecule has 3 aliphatic rings. The summed E-state index contributed by atoms with van der Waals surface area (Å²) >= 11 is 0. The van der Waals surface area contributed by atoms with Crippen molar-refractivity contribution >= 4 is 21.7 Å². The van der Waals surface area contributed by atoms with E-state index in [-0.39, 0.29) is 48.4 Å². The summed E-state index contributed by atoms with van der Waals surface area (Å²) < 4.78 is 34.8. The number of rotatable bonds is 8. The molecule has 0 N–H and O–H groups in total. The third-order valence-corrected chi connectivity index (χ3v) is 10.0.